The number of carbonyl (C=O) groups excluding carboxylic acids is 3. The second-order valence-electron chi connectivity index (χ2n) is 19.9. The van der Waals surface area contributed by atoms with Crippen LogP contribution in [0.25, 0.3) is 0 Å². The smallest absolute Gasteiger partial charge is 0.306 e. The van der Waals surface area contributed by atoms with Gasteiger partial charge in [0.1, 0.15) is 13.2 Å². The van der Waals surface area contributed by atoms with Crippen LogP contribution in [0.5, 0.6) is 0 Å². The molecule has 0 saturated heterocycles. The molecule has 0 aliphatic rings. The number of hydrogen-bond donors (Lipinski definition) is 0. The zero-order chi connectivity index (χ0) is 50.0. The lowest BCUT2D eigenvalue weighted by atomic mass is 10.0. The lowest BCUT2D eigenvalue weighted by Crippen LogP contribution is -2.30. The highest BCUT2D eigenvalue weighted by molar-refractivity contribution is 5.71. The van der Waals surface area contributed by atoms with Gasteiger partial charge in [0, 0.05) is 19.3 Å². The van der Waals surface area contributed by atoms with Gasteiger partial charge in [0.15, 0.2) is 6.10 Å². The maximum Gasteiger partial charge on any atom is 0.306 e. The summed E-state index contributed by atoms with van der Waals surface area (Å²) in [6, 6.07) is 0. The van der Waals surface area contributed by atoms with Crippen LogP contribution < -0.4 is 0 Å². The molecule has 69 heavy (non-hydrogen) atoms. The Morgan fingerprint density at radius 3 is 0.899 bits per heavy atom. The van der Waals surface area contributed by atoms with Crippen molar-refractivity contribution in [3.8, 4) is 0 Å². The van der Waals surface area contributed by atoms with Crippen molar-refractivity contribution in [1.29, 1.82) is 0 Å². The van der Waals surface area contributed by atoms with Crippen molar-refractivity contribution in [2.45, 2.75) is 309 Å². The molecule has 0 aromatic rings. The van der Waals surface area contributed by atoms with Gasteiger partial charge in [0.05, 0.1) is 0 Å². The maximum atomic E-state index is 12.8. The highest BCUT2D eigenvalue weighted by Crippen LogP contribution is 2.16. The molecule has 1 unspecified atom stereocenters. The Kier molecular flexibility index (Phi) is 55.3. The average molecular weight is 966 g/mol. The molecule has 0 aliphatic carbocycles. The Morgan fingerprint density at radius 2 is 0.565 bits per heavy atom. The highest BCUT2D eigenvalue weighted by Gasteiger charge is 2.19. The van der Waals surface area contributed by atoms with Crippen molar-refractivity contribution in [1.82, 2.24) is 0 Å². The fourth-order valence-electron chi connectivity index (χ4n) is 8.55. The summed E-state index contributed by atoms with van der Waals surface area (Å²) in [5, 5.41) is 0. The second-order valence-corrected chi connectivity index (χ2v) is 19.9. The van der Waals surface area contributed by atoms with Gasteiger partial charge in [0.25, 0.3) is 0 Å². The molecule has 0 aromatic carbocycles. The van der Waals surface area contributed by atoms with E-state index in [2.05, 4.69) is 81.5 Å². The summed E-state index contributed by atoms with van der Waals surface area (Å²) in [7, 11) is 0. The molecular formula is C63H112O6. The van der Waals surface area contributed by atoms with Gasteiger partial charge in [-0.3, -0.25) is 14.4 Å². The largest absolute Gasteiger partial charge is 0.462 e. The van der Waals surface area contributed by atoms with Crippen molar-refractivity contribution in [2.75, 3.05) is 13.2 Å². The molecule has 6 heteroatoms. The summed E-state index contributed by atoms with van der Waals surface area (Å²) < 4.78 is 16.8. The summed E-state index contributed by atoms with van der Waals surface area (Å²) in [4.78, 5) is 38.0. The first-order valence-electron chi connectivity index (χ1n) is 29.8. The molecule has 0 spiro atoms. The molecule has 0 amide bonds. The SMILES string of the molecule is CC/C=C\C/C=C\C/C=C\C/C=C\CCCCCCCCCCCCCCCCC(=O)OCC(COC(=O)CCCCCCCCC)OC(=O)CCCCCCCCC/C=C\CCCCCCCC. The van der Waals surface area contributed by atoms with Crippen molar-refractivity contribution in [2.24, 2.45) is 0 Å². The summed E-state index contributed by atoms with van der Waals surface area (Å²) in [5.41, 5.74) is 0. The predicted octanol–water partition coefficient (Wildman–Crippen LogP) is 20.0. The molecule has 0 saturated carbocycles. The minimum absolute atomic E-state index is 0.0731. The molecule has 0 heterocycles. The topological polar surface area (TPSA) is 78.9 Å². The van der Waals surface area contributed by atoms with E-state index in [9.17, 15) is 14.4 Å². The van der Waals surface area contributed by atoms with Crippen molar-refractivity contribution < 1.29 is 28.6 Å². The minimum Gasteiger partial charge on any atom is -0.462 e. The molecule has 0 aromatic heterocycles. The van der Waals surface area contributed by atoms with Gasteiger partial charge < -0.3 is 14.2 Å². The third-order valence-electron chi connectivity index (χ3n) is 13.0. The fourth-order valence-corrected chi connectivity index (χ4v) is 8.55. The van der Waals surface area contributed by atoms with Crippen LogP contribution in [0.15, 0.2) is 60.8 Å². The van der Waals surface area contributed by atoms with Gasteiger partial charge in [-0.05, 0) is 83.5 Å². The van der Waals surface area contributed by atoms with E-state index in [0.717, 1.165) is 83.5 Å². The minimum atomic E-state index is -0.772. The van der Waals surface area contributed by atoms with Crippen LogP contribution in [0.1, 0.15) is 303 Å². The standard InChI is InChI=1S/C63H112O6/c1-4-7-10-13-16-18-20-22-24-26-27-28-29-30-31-32-33-34-35-37-38-40-42-44-47-50-53-56-62(65)68-59-60(58-67-61(64)55-52-49-46-15-12-9-6-3)69-63(66)57-54-51-48-45-43-41-39-36-25-23-21-19-17-14-11-8-5-2/h7,10,16,18,22-25,27-28,60H,4-6,8-9,11-15,17,19-21,26,29-59H2,1-3H3/b10-7-,18-16-,24-22-,25-23-,28-27-. The third-order valence-corrected chi connectivity index (χ3v) is 13.0. The normalized spacial score (nSPS) is 12.4. The Labute approximate surface area is 428 Å². The highest BCUT2D eigenvalue weighted by atomic mass is 16.6. The molecule has 0 rings (SSSR count). The summed E-state index contributed by atoms with van der Waals surface area (Å²) in [6.45, 7) is 6.51. The lowest BCUT2D eigenvalue weighted by Gasteiger charge is -2.18. The number of ether oxygens (including phenoxy) is 3. The average Bonchev–Trinajstić information content (AvgIpc) is 3.35. The van der Waals surface area contributed by atoms with E-state index in [4.69, 9.17) is 14.2 Å². The number of unbranched alkanes of at least 4 members (excludes halogenated alkanes) is 33. The third kappa shape index (κ3) is 55.9. The van der Waals surface area contributed by atoms with Gasteiger partial charge >= 0.3 is 17.9 Å². The first kappa shape index (κ1) is 66.1. The Hall–Kier alpha value is -2.89. The van der Waals surface area contributed by atoms with Gasteiger partial charge in [-0.25, -0.2) is 0 Å². The molecule has 400 valence electrons. The van der Waals surface area contributed by atoms with E-state index in [1.54, 1.807) is 0 Å². The van der Waals surface area contributed by atoms with E-state index in [-0.39, 0.29) is 31.1 Å². The molecule has 0 aliphatic heterocycles. The van der Waals surface area contributed by atoms with Crippen LogP contribution in [0.4, 0.5) is 0 Å². The molecule has 0 radical (unpaired) electrons. The predicted molar refractivity (Wildman–Crippen MR) is 298 cm³/mol. The zero-order valence-electron chi connectivity index (χ0n) is 45.8. The van der Waals surface area contributed by atoms with Crippen LogP contribution in [0.3, 0.4) is 0 Å². The summed E-state index contributed by atoms with van der Waals surface area (Å²) in [5.74, 6) is -0.872. The van der Waals surface area contributed by atoms with Gasteiger partial charge in [-0.15, -0.1) is 0 Å². The quantitative estimate of drug-likeness (QED) is 0.0262. The second kappa shape index (κ2) is 57.7. The first-order valence-corrected chi connectivity index (χ1v) is 29.8. The van der Waals surface area contributed by atoms with E-state index in [0.29, 0.717) is 19.3 Å². The van der Waals surface area contributed by atoms with Crippen LogP contribution in [0.2, 0.25) is 0 Å². The van der Waals surface area contributed by atoms with E-state index >= 15 is 0 Å². The summed E-state index contributed by atoms with van der Waals surface area (Å²) >= 11 is 0. The number of rotatable bonds is 54. The van der Waals surface area contributed by atoms with E-state index in [1.165, 1.54) is 180 Å². The molecule has 0 bridgehead atoms. The number of esters is 3. The number of allylic oxidation sites excluding steroid dienone is 10. The number of hydrogen-bond acceptors (Lipinski definition) is 6. The molecular weight excluding hydrogens is 853 g/mol. The zero-order valence-corrected chi connectivity index (χ0v) is 45.8. The maximum absolute atomic E-state index is 12.8. The Bertz CT molecular complexity index is 1250. The summed E-state index contributed by atoms with van der Waals surface area (Å²) in [6.07, 6.45) is 72.4. The molecule has 0 N–H and O–H groups in total. The van der Waals surface area contributed by atoms with Crippen molar-refractivity contribution in [3.63, 3.8) is 0 Å². The Balaban J connectivity index is 4.11. The first-order chi connectivity index (χ1) is 34.0. The van der Waals surface area contributed by atoms with Crippen LogP contribution in [-0.4, -0.2) is 37.2 Å². The van der Waals surface area contributed by atoms with Gasteiger partial charge in [0.2, 0.25) is 0 Å². The van der Waals surface area contributed by atoms with Crippen molar-refractivity contribution in [3.05, 3.63) is 60.8 Å². The van der Waals surface area contributed by atoms with Crippen molar-refractivity contribution >= 4 is 17.9 Å². The number of carbonyl (C=O) groups is 3. The lowest BCUT2D eigenvalue weighted by molar-refractivity contribution is -0.167. The van der Waals surface area contributed by atoms with Crippen LogP contribution in [0, 0.1) is 0 Å². The van der Waals surface area contributed by atoms with E-state index in [1.807, 2.05) is 0 Å². The molecule has 1 atom stereocenters. The van der Waals surface area contributed by atoms with Gasteiger partial charge in [-0.2, -0.15) is 0 Å². The van der Waals surface area contributed by atoms with Crippen LogP contribution in [-0.2, 0) is 28.6 Å². The molecule has 6 nitrogen and oxygen atoms in total. The van der Waals surface area contributed by atoms with Crippen LogP contribution >= 0.6 is 0 Å². The fraction of sp³-hybridized carbons (Fsp3) is 0.794. The molecule has 0 fully saturated rings. The van der Waals surface area contributed by atoms with Gasteiger partial charge in [-0.1, -0.05) is 261 Å². The van der Waals surface area contributed by atoms with E-state index < -0.39 is 6.10 Å². The Morgan fingerprint density at radius 1 is 0.304 bits per heavy atom. The monoisotopic (exact) mass is 965 g/mol.